The van der Waals surface area contributed by atoms with Crippen molar-refractivity contribution in [3.63, 3.8) is 0 Å². The Kier molecular flexibility index (Phi) is 4.23. The first-order chi connectivity index (χ1) is 9.97. The molecule has 1 atom stereocenters. The van der Waals surface area contributed by atoms with Crippen molar-refractivity contribution in [2.75, 3.05) is 6.61 Å². The zero-order valence-corrected chi connectivity index (χ0v) is 11.8. The summed E-state index contributed by atoms with van der Waals surface area (Å²) in [6, 6.07) is 1.96. The summed E-state index contributed by atoms with van der Waals surface area (Å²) in [5.41, 5.74) is 2.94. The zero-order chi connectivity index (χ0) is 15.6. The standard InChI is InChI=1S/C14H17N3O4/c1-3-10-8(2)17-6-9(4-5-12(17)15-10)13(19)16-11(7-18)14(20)21/h4-6,11,18H,3,7H2,1-2H3,(H,16,19)(H,20,21). The van der Waals surface area contributed by atoms with Crippen molar-refractivity contribution in [1.29, 1.82) is 0 Å². The van der Waals surface area contributed by atoms with Crippen LogP contribution in [0.15, 0.2) is 18.3 Å². The molecule has 2 aromatic heterocycles. The van der Waals surface area contributed by atoms with Gasteiger partial charge in [0.15, 0.2) is 6.04 Å². The van der Waals surface area contributed by atoms with Crippen LogP contribution in [0.3, 0.4) is 0 Å². The number of aliphatic hydroxyl groups is 1. The van der Waals surface area contributed by atoms with Crippen molar-refractivity contribution in [3.8, 4) is 0 Å². The van der Waals surface area contributed by atoms with E-state index in [1.54, 1.807) is 22.7 Å². The van der Waals surface area contributed by atoms with E-state index in [9.17, 15) is 9.59 Å². The van der Waals surface area contributed by atoms with E-state index >= 15 is 0 Å². The van der Waals surface area contributed by atoms with Crippen LogP contribution in [0.5, 0.6) is 0 Å². The second-order valence-corrected chi connectivity index (χ2v) is 4.69. The predicted octanol–water partition coefficient (Wildman–Crippen LogP) is 0.380. The van der Waals surface area contributed by atoms with E-state index in [4.69, 9.17) is 10.2 Å². The second-order valence-electron chi connectivity index (χ2n) is 4.69. The number of hydrogen-bond donors (Lipinski definition) is 3. The molecule has 2 rings (SSSR count). The van der Waals surface area contributed by atoms with Crippen molar-refractivity contribution in [2.45, 2.75) is 26.3 Å². The van der Waals surface area contributed by atoms with Gasteiger partial charge in [0, 0.05) is 11.9 Å². The van der Waals surface area contributed by atoms with Gasteiger partial charge in [-0.05, 0) is 25.5 Å². The largest absolute Gasteiger partial charge is 0.480 e. The fourth-order valence-electron chi connectivity index (χ4n) is 2.11. The van der Waals surface area contributed by atoms with Gasteiger partial charge in [0.2, 0.25) is 0 Å². The molecule has 2 heterocycles. The highest BCUT2D eigenvalue weighted by molar-refractivity contribution is 5.96. The minimum atomic E-state index is -1.32. The van der Waals surface area contributed by atoms with Gasteiger partial charge in [-0.3, -0.25) is 4.79 Å². The first-order valence-corrected chi connectivity index (χ1v) is 6.60. The molecule has 7 heteroatoms. The lowest BCUT2D eigenvalue weighted by Crippen LogP contribution is -2.43. The number of carbonyl (C=O) groups is 2. The van der Waals surface area contributed by atoms with E-state index < -0.39 is 24.5 Å². The van der Waals surface area contributed by atoms with Crippen molar-refractivity contribution < 1.29 is 19.8 Å². The van der Waals surface area contributed by atoms with Gasteiger partial charge in [0.05, 0.1) is 17.9 Å². The highest BCUT2D eigenvalue weighted by Gasteiger charge is 2.20. The minimum absolute atomic E-state index is 0.311. The van der Waals surface area contributed by atoms with Gasteiger partial charge in [-0.2, -0.15) is 0 Å². The molecule has 21 heavy (non-hydrogen) atoms. The Morgan fingerprint density at radius 2 is 2.14 bits per heavy atom. The highest BCUT2D eigenvalue weighted by Crippen LogP contribution is 2.14. The van der Waals surface area contributed by atoms with Crippen molar-refractivity contribution in [2.24, 2.45) is 0 Å². The van der Waals surface area contributed by atoms with Crippen molar-refractivity contribution in [1.82, 2.24) is 14.7 Å². The van der Waals surface area contributed by atoms with Gasteiger partial charge < -0.3 is 19.9 Å². The Labute approximate surface area is 121 Å². The third-order valence-corrected chi connectivity index (χ3v) is 3.34. The molecular formula is C14H17N3O4. The predicted molar refractivity (Wildman–Crippen MR) is 75.3 cm³/mol. The van der Waals surface area contributed by atoms with Crippen LogP contribution in [-0.2, 0) is 11.2 Å². The molecule has 0 aliphatic rings. The molecule has 0 aromatic carbocycles. The number of pyridine rings is 1. The maximum Gasteiger partial charge on any atom is 0.328 e. The van der Waals surface area contributed by atoms with E-state index in [1.807, 2.05) is 13.8 Å². The third-order valence-electron chi connectivity index (χ3n) is 3.34. The van der Waals surface area contributed by atoms with Gasteiger partial charge in [0.1, 0.15) is 5.65 Å². The second kappa shape index (κ2) is 5.92. The number of nitrogens with one attached hydrogen (secondary N) is 1. The molecule has 0 aliphatic heterocycles. The molecule has 2 aromatic rings. The summed E-state index contributed by atoms with van der Waals surface area (Å²) in [4.78, 5) is 27.3. The fraction of sp³-hybridized carbons (Fsp3) is 0.357. The summed E-state index contributed by atoms with van der Waals surface area (Å²) in [5.74, 6) is -1.83. The Morgan fingerprint density at radius 3 is 2.71 bits per heavy atom. The summed E-state index contributed by atoms with van der Waals surface area (Å²) in [6.45, 7) is 3.25. The van der Waals surface area contributed by atoms with E-state index in [1.165, 1.54) is 0 Å². The maximum atomic E-state index is 12.0. The number of carbonyl (C=O) groups excluding carboxylic acids is 1. The zero-order valence-electron chi connectivity index (χ0n) is 11.8. The number of imidazole rings is 1. The number of aryl methyl sites for hydroxylation is 2. The molecule has 1 amide bonds. The fourth-order valence-corrected chi connectivity index (χ4v) is 2.11. The molecule has 0 bridgehead atoms. The molecule has 0 saturated carbocycles. The van der Waals surface area contributed by atoms with Crippen LogP contribution >= 0.6 is 0 Å². The van der Waals surface area contributed by atoms with E-state index in [2.05, 4.69) is 10.3 Å². The Balaban J connectivity index is 2.32. The smallest absolute Gasteiger partial charge is 0.328 e. The van der Waals surface area contributed by atoms with E-state index in [0.717, 1.165) is 23.5 Å². The third kappa shape index (κ3) is 2.87. The number of nitrogens with zero attached hydrogens (tertiary/aromatic N) is 2. The van der Waals surface area contributed by atoms with Crippen LogP contribution in [0, 0.1) is 6.92 Å². The maximum absolute atomic E-state index is 12.0. The molecule has 0 radical (unpaired) electrons. The van der Waals surface area contributed by atoms with Crippen LogP contribution < -0.4 is 5.32 Å². The first-order valence-electron chi connectivity index (χ1n) is 6.60. The first kappa shape index (κ1) is 15.0. The van der Waals surface area contributed by atoms with Crippen molar-refractivity contribution >= 4 is 17.5 Å². The number of aromatic nitrogens is 2. The van der Waals surface area contributed by atoms with Crippen LogP contribution in [0.25, 0.3) is 5.65 Å². The van der Waals surface area contributed by atoms with Gasteiger partial charge in [0.25, 0.3) is 5.91 Å². The number of hydrogen-bond acceptors (Lipinski definition) is 4. The van der Waals surface area contributed by atoms with E-state index in [-0.39, 0.29) is 0 Å². The Morgan fingerprint density at radius 1 is 1.43 bits per heavy atom. The number of aliphatic hydroxyl groups excluding tert-OH is 1. The lowest BCUT2D eigenvalue weighted by atomic mass is 10.2. The molecule has 0 fully saturated rings. The number of carboxylic acids is 1. The number of amides is 1. The van der Waals surface area contributed by atoms with Gasteiger partial charge in [-0.1, -0.05) is 6.92 Å². The normalized spacial score (nSPS) is 12.3. The highest BCUT2D eigenvalue weighted by atomic mass is 16.4. The molecule has 0 aliphatic carbocycles. The number of aliphatic carboxylic acids is 1. The van der Waals surface area contributed by atoms with Crippen LogP contribution in [0.2, 0.25) is 0 Å². The molecule has 0 spiro atoms. The van der Waals surface area contributed by atoms with Crippen LogP contribution in [-0.4, -0.2) is 44.1 Å². The summed E-state index contributed by atoms with van der Waals surface area (Å²) in [6.07, 6.45) is 2.41. The average molecular weight is 291 g/mol. The summed E-state index contributed by atoms with van der Waals surface area (Å²) >= 11 is 0. The molecular weight excluding hydrogens is 274 g/mol. The minimum Gasteiger partial charge on any atom is -0.480 e. The topological polar surface area (TPSA) is 104 Å². The van der Waals surface area contributed by atoms with Gasteiger partial charge in [-0.15, -0.1) is 0 Å². The number of carboxylic acid groups (broad SMARTS) is 1. The summed E-state index contributed by atoms with van der Waals surface area (Å²) in [5, 5.41) is 20.0. The number of rotatable bonds is 5. The number of fused-ring (bicyclic) bond motifs is 1. The Bertz CT molecular complexity index is 693. The molecule has 0 saturated heterocycles. The SMILES string of the molecule is CCc1nc2ccc(C(=O)NC(CO)C(=O)O)cn2c1C. The lowest BCUT2D eigenvalue weighted by molar-refractivity contribution is -0.140. The van der Waals surface area contributed by atoms with E-state index in [0.29, 0.717) is 5.56 Å². The average Bonchev–Trinajstić information content (AvgIpc) is 2.80. The summed E-state index contributed by atoms with van der Waals surface area (Å²) in [7, 11) is 0. The lowest BCUT2D eigenvalue weighted by Gasteiger charge is -2.11. The Hall–Kier alpha value is -2.41. The summed E-state index contributed by atoms with van der Waals surface area (Å²) < 4.78 is 1.79. The molecule has 7 nitrogen and oxygen atoms in total. The van der Waals surface area contributed by atoms with Crippen molar-refractivity contribution in [3.05, 3.63) is 35.3 Å². The monoisotopic (exact) mass is 291 g/mol. The van der Waals surface area contributed by atoms with Gasteiger partial charge >= 0.3 is 5.97 Å². The van der Waals surface area contributed by atoms with Crippen LogP contribution in [0.4, 0.5) is 0 Å². The molecule has 112 valence electrons. The van der Waals surface area contributed by atoms with Gasteiger partial charge in [-0.25, -0.2) is 9.78 Å². The molecule has 3 N–H and O–H groups in total. The quantitative estimate of drug-likeness (QED) is 0.739. The molecule has 1 unspecified atom stereocenters. The van der Waals surface area contributed by atoms with Crippen LogP contribution in [0.1, 0.15) is 28.7 Å².